The van der Waals surface area contributed by atoms with Gasteiger partial charge in [0.1, 0.15) is 0 Å². The van der Waals surface area contributed by atoms with E-state index >= 15 is 0 Å². The fraction of sp³-hybridized carbons (Fsp3) is 0.867. The van der Waals surface area contributed by atoms with Crippen molar-refractivity contribution >= 4 is 71.1 Å². The number of carbonyl (C=O) groups is 2. The molecule has 0 radical (unpaired) electrons. The van der Waals surface area contributed by atoms with E-state index in [0.717, 1.165) is 19.3 Å². The van der Waals surface area contributed by atoms with Gasteiger partial charge in [0.15, 0.2) is 5.92 Å². The second-order valence-corrected chi connectivity index (χ2v) is 5.85. The summed E-state index contributed by atoms with van der Waals surface area (Å²) in [6.45, 7) is 2.49. The molecule has 0 rings (SSSR count). The van der Waals surface area contributed by atoms with Crippen molar-refractivity contribution in [1.29, 1.82) is 0 Å². The van der Waals surface area contributed by atoms with Crippen molar-refractivity contribution in [3.05, 3.63) is 0 Å². The molecule has 0 heterocycles. The molecule has 1 atom stereocenters. The van der Waals surface area contributed by atoms with Gasteiger partial charge in [-0.25, -0.2) is 0 Å². The average Bonchev–Trinajstić information content (AvgIpc) is 2.40. The Morgan fingerprint density at radius 1 is 0.957 bits per heavy atom. The van der Waals surface area contributed by atoms with Crippen LogP contribution >= 0.6 is 0 Å². The zero-order chi connectivity index (χ0) is 16.3. The number of carboxylic acid groups (broad SMARTS) is 2. The standard InChI is InChI=1S/C15H30N2O4.2Na.2H/c1-2-3-4-5-6-7-8-15(17,9-10-16)11-12(13(18)19)14(20)21;;;;/h12H,2-11,16-17H2,1H3,(H,18,19)(H,20,21);;;;. The topological polar surface area (TPSA) is 127 Å². The summed E-state index contributed by atoms with van der Waals surface area (Å²) >= 11 is 0. The number of unbranched alkanes of at least 4 members (excludes halogenated alkanes) is 5. The minimum absolute atomic E-state index is 0. The van der Waals surface area contributed by atoms with Gasteiger partial charge in [-0.2, -0.15) is 0 Å². The molecule has 0 saturated heterocycles. The van der Waals surface area contributed by atoms with E-state index in [4.69, 9.17) is 21.7 Å². The minimum atomic E-state index is -1.46. The normalized spacial score (nSPS) is 12.9. The monoisotopic (exact) mass is 350 g/mol. The van der Waals surface area contributed by atoms with Crippen molar-refractivity contribution in [2.45, 2.75) is 70.3 Å². The number of rotatable bonds is 13. The zero-order valence-corrected chi connectivity index (χ0v) is 13.0. The van der Waals surface area contributed by atoms with Gasteiger partial charge < -0.3 is 21.7 Å². The van der Waals surface area contributed by atoms with E-state index in [1.807, 2.05) is 0 Å². The summed E-state index contributed by atoms with van der Waals surface area (Å²) in [4.78, 5) is 22.0. The molecule has 0 fully saturated rings. The van der Waals surface area contributed by atoms with Gasteiger partial charge in [0, 0.05) is 5.54 Å². The fourth-order valence-corrected chi connectivity index (χ4v) is 2.56. The first-order chi connectivity index (χ1) is 9.86. The van der Waals surface area contributed by atoms with Gasteiger partial charge in [-0.15, -0.1) is 0 Å². The van der Waals surface area contributed by atoms with Crippen LogP contribution in [0.5, 0.6) is 0 Å². The number of hydrogen-bond donors (Lipinski definition) is 4. The van der Waals surface area contributed by atoms with Crippen LogP contribution in [-0.2, 0) is 9.59 Å². The Kier molecular flexibility index (Phi) is 20.4. The van der Waals surface area contributed by atoms with Crippen molar-refractivity contribution in [2.75, 3.05) is 6.54 Å². The number of aliphatic carboxylic acids is 2. The number of nitrogens with two attached hydrogens (primary N) is 2. The molecular weight excluding hydrogens is 318 g/mol. The third kappa shape index (κ3) is 13.8. The molecular formula is C15H32N2Na2O4. The summed E-state index contributed by atoms with van der Waals surface area (Å²) in [7, 11) is 0. The van der Waals surface area contributed by atoms with Gasteiger partial charge in [-0.3, -0.25) is 9.59 Å². The third-order valence-corrected chi connectivity index (χ3v) is 3.88. The van der Waals surface area contributed by atoms with Gasteiger partial charge in [0.25, 0.3) is 0 Å². The molecule has 0 amide bonds. The Morgan fingerprint density at radius 2 is 1.43 bits per heavy atom. The van der Waals surface area contributed by atoms with E-state index in [0.29, 0.717) is 19.4 Å². The SMILES string of the molecule is CCCCCCCCC(N)(CCN)CC(C(=O)O)C(=O)O.[NaH].[NaH]. The van der Waals surface area contributed by atoms with Crippen LogP contribution in [0, 0.1) is 5.92 Å². The first-order valence-electron chi connectivity index (χ1n) is 7.81. The average molecular weight is 350 g/mol. The van der Waals surface area contributed by atoms with Crippen molar-refractivity contribution in [3.63, 3.8) is 0 Å². The summed E-state index contributed by atoms with van der Waals surface area (Å²) in [6.07, 6.45) is 7.64. The van der Waals surface area contributed by atoms with Gasteiger partial charge in [-0.05, 0) is 25.8 Å². The summed E-state index contributed by atoms with van der Waals surface area (Å²) in [5.41, 5.74) is 11.0. The van der Waals surface area contributed by atoms with E-state index in [-0.39, 0.29) is 65.5 Å². The van der Waals surface area contributed by atoms with E-state index in [2.05, 4.69) is 6.92 Å². The molecule has 0 aromatic rings. The maximum absolute atomic E-state index is 11.0. The molecule has 6 nitrogen and oxygen atoms in total. The Labute approximate surface area is 183 Å². The first-order valence-corrected chi connectivity index (χ1v) is 7.81. The van der Waals surface area contributed by atoms with Crippen molar-refractivity contribution in [1.82, 2.24) is 0 Å². The fourth-order valence-electron chi connectivity index (χ4n) is 2.56. The quantitative estimate of drug-likeness (QED) is 0.220. The van der Waals surface area contributed by atoms with Gasteiger partial charge >= 0.3 is 71.1 Å². The van der Waals surface area contributed by atoms with Crippen LogP contribution < -0.4 is 11.5 Å². The summed E-state index contributed by atoms with van der Waals surface area (Å²) in [5.74, 6) is -4.13. The van der Waals surface area contributed by atoms with E-state index in [9.17, 15) is 9.59 Å². The molecule has 1 unspecified atom stereocenters. The molecule has 0 bridgehead atoms. The van der Waals surface area contributed by atoms with Crippen LogP contribution in [-0.4, -0.2) is 93.3 Å². The molecule has 128 valence electrons. The molecule has 0 aliphatic rings. The van der Waals surface area contributed by atoms with Crippen LogP contribution in [0.2, 0.25) is 0 Å². The van der Waals surface area contributed by atoms with E-state index in [1.54, 1.807) is 0 Å². The third-order valence-electron chi connectivity index (χ3n) is 3.88. The van der Waals surface area contributed by atoms with Gasteiger partial charge in [-0.1, -0.05) is 45.4 Å². The summed E-state index contributed by atoms with van der Waals surface area (Å²) < 4.78 is 0. The maximum atomic E-state index is 11.0. The van der Waals surface area contributed by atoms with Gasteiger partial charge in [0.2, 0.25) is 0 Å². The van der Waals surface area contributed by atoms with Crippen molar-refractivity contribution < 1.29 is 19.8 Å². The zero-order valence-electron chi connectivity index (χ0n) is 13.0. The Morgan fingerprint density at radius 3 is 1.87 bits per heavy atom. The summed E-state index contributed by atoms with van der Waals surface area (Å²) in [6, 6.07) is 0. The van der Waals surface area contributed by atoms with Crippen LogP contribution in [0.1, 0.15) is 64.7 Å². The molecule has 0 spiro atoms. The molecule has 0 saturated carbocycles. The van der Waals surface area contributed by atoms with Crippen molar-refractivity contribution in [2.24, 2.45) is 17.4 Å². The molecule has 0 aliphatic carbocycles. The van der Waals surface area contributed by atoms with Crippen LogP contribution in [0.25, 0.3) is 0 Å². The summed E-state index contributed by atoms with van der Waals surface area (Å²) in [5, 5.41) is 18.0. The van der Waals surface area contributed by atoms with Gasteiger partial charge in [0.05, 0.1) is 0 Å². The van der Waals surface area contributed by atoms with Crippen LogP contribution in [0.3, 0.4) is 0 Å². The first kappa shape index (κ1) is 28.7. The second-order valence-electron chi connectivity index (χ2n) is 5.85. The predicted octanol–water partition coefficient (Wildman–Crippen LogP) is 0.662. The number of carboxylic acids is 2. The number of hydrogen-bond acceptors (Lipinski definition) is 4. The Hall–Kier alpha value is 0.860. The predicted molar refractivity (Wildman–Crippen MR) is 96.3 cm³/mol. The van der Waals surface area contributed by atoms with Crippen LogP contribution in [0.15, 0.2) is 0 Å². The molecule has 0 aliphatic heterocycles. The van der Waals surface area contributed by atoms with Crippen molar-refractivity contribution in [3.8, 4) is 0 Å². The van der Waals surface area contributed by atoms with E-state index in [1.165, 1.54) is 19.3 Å². The van der Waals surface area contributed by atoms with E-state index < -0.39 is 23.4 Å². The molecule has 6 N–H and O–H groups in total. The molecule has 8 heteroatoms. The molecule has 0 aromatic carbocycles. The Bertz CT molecular complexity index is 319. The molecule has 0 aromatic heterocycles. The second kappa shape index (κ2) is 16.3. The Balaban J connectivity index is -0.00000200. The molecule has 23 heavy (non-hydrogen) atoms. The van der Waals surface area contributed by atoms with Crippen LogP contribution in [0.4, 0.5) is 0 Å².